The summed E-state index contributed by atoms with van der Waals surface area (Å²) in [6.45, 7) is 1.32. The zero-order chi connectivity index (χ0) is 31.8. The first-order valence-corrected chi connectivity index (χ1v) is 15.3. The minimum atomic E-state index is -4.56. The number of benzene rings is 3. The molecule has 3 aromatic carbocycles. The van der Waals surface area contributed by atoms with Crippen molar-refractivity contribution in [1.82, 2.24) is 9.80 Å². The molecule has 2 atom stereocenters. The van der Waals surface area contributed by atoms with Crippen molar-refractivity contribution in [2.45, 2.75) is 44.5 Å². The average Bonchev–Trinajstić information content (AvgIpc) is 3.38. The summed E-state index contributed by atoms with van der Waals surface area (Å²) in [6.07, 6.45) is -1.78. The van der Waals surface area contributed by atoms with Crippen LogP contribution < -0.4 is 9.64 Å². The molecule has 0 aliphatic carbocycles. The molecule has 2 fully saturated rings. The van der Waals surface area contributed by atoms with E-state index in [-0.39, 0.29) is 24.9 Å². The number of nitrogens with zero attached hydrogens (tertiary/aromatic N) is 3. The van der Waals surface area contributed by atoms with Gasteiger partial charge in [-0.3, -0.25) is 14.6 Å². The highest BCUT2D eigenvalue weighted by molar-refractivity contribution is 5.69. The van der Waals surface area contributed by atoms with Gasteiger partial charge in [-0.15, -0.1) is 0 Å². The Balaban J connectivity index is 1.27. The summed E-state index contributed by atoms with van der Waals surface area (Å²) in [5, 5.41) is 9.24. The molecule has 3 aromatic rings. The van der Waals surface area contributed by atoms with E-state index in [2.05, 4.69) is 0 Å². The van der Waals surface area contributed by atoms with Crippen molar-refractivity contribution in [3.05, 3.63) is 94.6 Å². The number of hydrogen-bond acceptors (Lipinski definition) is 5. The lowest BCUT2D eigenvalue weighted by molar-refractivity contribution is -0.150. The van der Waals surface area contributed by atoms with Gasteiger partial charge < -0.3 is 14.7 Å². The van der Waals surface area contributed by atoms with Gasteiger partial charge in [0.05, 0.1) is 19.1 Å². The van der Waals surface area contributed by atoms with Crippen LogP contribution in [0.3, 0.4) is 0 Å². The van der Waals surface area contributed by atoms with Crippen LogP contribution in [0.5, 0.6) is 5.75 Å². The van der Waals surface area contributed by atoms with Gasteiger partial charge in [0, 0.05) is 42.8 Å². The zero-order valence-electron chi connectivity index (χ0n) is 24.8. The van der Waals surface area contributed by atoms with Gasteiger partial charge in [0.15, 0.2) is 0 Å². The number of likely N-dealkylation sites (tertiary alicyclic amines) is 1. The van der Waals surface area contributed by atoms with E-state index in [1.165, 1.54) is 12.1 Å². The van der Waals surface area contributed by atoms with Crippen LogP contribution in [0.2, 0.25) is 0 Å². The number of piperidine rings is 1. The lowest BCUT2D eigenvalue weighted by Gasteiger charge is -2.40. The largest absolute Gasteiger partial charge is 0.489 e. The van der Waals surface area contributed by atoms with Crippen LogP contribution in [0.25, 0.3) is 0 Å². The molecule has 2 unspecified atom stereocenters. The first kappa shape index (κ1) is 31.3. The summed E-state index contributed by atoms with van der Waals surface area (Å²) in [6, 6.07) is 15.7. The SMILES string of the molecule is O=C(O)CN1CCCC2(CCN(c3cc(F)c(C4c5ccc(OCc6ccccc6)cc5CCN4CC(F)(F)F)c(F)c3)C2)C1. The second-order valence-corrected chi connectivity index (χ2v) is 12.6. The second kappa shape index (κ2) is 12.6. The Labute approximate surface area is 259 Å². The van der Waals surface area contributed by atoms with Crippen molar-refractivity contribution in [3.63, 3.8) is 0 Å². The van der Waals surface area contributed by atoms with Gasteiger partial charge in [0.2, 0.25) is 0 Å². The molecule has 0 bridgehead atoms. The molecule has 240 valence electrons. The fourth-order valence-electron chi connectivity index (χ4n) is 7.36. The summed E-state index contributed by atoms with van der Waals surface area (Å²) in [4.78, 5) is 16.2. The molecule has 0 saturated carbocycles. The molecule has 6 nitrogen and oxygen atoms in total. The Kier molecular flexibility index (Phi) is 8.76. The quantitative estimate of drug-likeness (QED) is 0.290. The van der Waals surface area contributed by atoms with Gasteiger partial charge in [0.25, 0.3) is 0 Å². The third-order valence-corrected chi connectivity index (χ3v) is 9.31. The molecule has 11 heteroatoms. The molecule has 0 radical (unpaired) electrons. The van der Waals surface area contributed by atoms with Crippen LogP contribution in [0.4, 0.5) is 27.6 Å². The summed E-state index contributed by atoms with van der Waals surface area (Å²) < 4.78 is 79.0. The van der Waals surface area contributed by atoms with E-state index in [1.54, 1.807) is 18.2 Å². The van der Waals surface area contributed by atoms with E-state index in [1.807, 2.05) is 40.1 Å². The number of fused-ring (bicyclic) bond motifs is 1. The number of anilines is 1. The fraction of sp³-hybridized carbons (Fsp3) is 0.441. The number of rotatable bonds is 8. The number of aliphatic carboxylic acids is 1. The van der Waals surface area contributed by atoms with Crippen molar-refractivity contribution < 1.29 is 36.6 Å². The van der Waals surface area contributed by atoms with Crippen LogP contribution >= 0.6 is 0 Å². The van der Waals surface area contributed by atoms with E-state index in [0.717, 1.165) is 29.7 Å². The average molecular weight is 630 g/mol. The Bertz CT molecular complexity index is 1510. The Morgan fingerprint density at radius 3 is 2.42 bits per heavy atom. The predicted octanol–water partition coefficient (Wildman–Crippen LogP) is 6.43. The molecule has 0 amide bonds. The third-order valence-electron chi connectivity index (χ3n) is 9.31. The lowest BCUT2D eigenvalue weighted by Crippen LogP contribution is -2.46. The number of hydrogen-bond donors (Lipinski definition) is 1. The monoisotopic (exact) mass is 629 g/mol. The molecular weight excluding hydrogens is 593 g/mol. The highest BCUT2D eigenvalue weighted by atomic mass is 19.4. The first-order valence-electron chi connectivity index (χ1n) is 15.3. The van der Waals surface area contributed by atoms with Crippen LogP contribution in [0.15, 0.2) is 60.7 Å². The maximum absolute atomic E-state index is 16.0. The molecule has 3 aliphatic heterocycles. The molecule has 3 heterocycles. The van der Waals surface area contributed by atoms with Gasteiger partial charge in [-0.05, 0) is 73.2 Å². The Hall–Kier alpha value is -3.70. The number of carboxylic acid groups (broad SMARTS) is 1. The Morgan fingerprint density at radius 1 is 0.956 bits per heavy atom. The lowest BCUT2D eigenvalue weighted by atomic mass is 9.79. The van der Waals surface area contributed by atoms with Crippen molar-refractivity contribution in [2.24, 2.45) is 5.41 Å². The van der Waals surface area contributed by atoms with Crippen LogP contribution in [0, 0.1) is 17.0 Å². The standard InChI is InChI=1S/C34H36F5N3O3/c35-28-16-25(41-14-11-33(21-41)10-4-12-40(20-33)18-30(43)44)17-29(36)31(28)32-27-8-7-26(45-19-23-5-2-1-3-6-23)15-24(27)9-13-42(32)22-34(37,38)39/h1-3,5-8,15-17,32H,4,9-14,18-22H2,(H,43,44). The van der Waals surface area contributed by atoms with Crippen LogP contribution in [0.1, 0.15) is 47.6 Å². The van der Waals surface area contributed by atoms with Crippen LogP contribution in [-0.4, -0.2) is 72.9 Å². The van der Waals surface area contributed by atoms with E-state index < -0.39 is 41.9 Å². The van der Waals surface area contributed by atoms with E-state index >= 15 is 8.78 Å². The Morgan fingerprint density at radius 2 is 1.71 bits per heavy atom. The second-order valence-electron chi connectivity index (χ2n) is 12.6. The maximum atomic E-state index is 16.0. The highest BCUT2D eigenvalue weighted by Crippen LogP contribution is 2.44. The van der Waals surface area contributed by atoms with E-state index in [4.69, 9.17) is 4.74 Å². The zero-order valence-corrected chi connectivity index (χ0v) is 24.8. The van der Waals surface area contributed by atoms with Crippen LogP contribution in [-0.2, 0) is 17.8 Å². The topological polar surface area (TPSA) is 56.3 Å². The number of carboxylic acids is 1. The molecule has 6 rings (SSSR count). The maximum Gasteiger partial charge on any atom is 0.401 e. The van der Waals surface area contributed by atoms with Crippen molar-refractivity contribution in [2.75, 3.05) is 50.7 Å². The molecule has 3 aliphatic rings. The summed E-state index contributed by atoms with van der Waals surface area (Å²) >= 11 is 0. The van der Waals surface area contributed by atoms with E-state index in [9.17, 15) is 23.1 Å². The van der Waals surface area contributed by atoms with Gasteiger partial charge in [-0.2, -0.15) is 13.2 Å². The molecule has 1 N–H and O–H groups in total. The highest BCUT2D eigenvalue weighted by Gasteiger charge is 2.43. The molecule has 0 aromatic heterocycles. The van der Waals surface area contributed by atoms with Gasteiger partial charge in [-0.1, -0.05) is 36.4 Å². The predicted molar refractivity (Wildman–Crippen MR) is 159 cm³/mol. The van der Waals surface area contributed by atoms with Crippen molar-refractivity contribution in [3.8, 4) is 5.75 Å². The normalized spacial score (nSPS) is 22.5. The van der Waals surface area contributed by atoms with Crippen molar-refractivity contribution >= 4 is 11.7 Å². The number of carbonyl (C=O) groups is 1. The number of ether oxygens (including phenoxy) is 1. The number of halogens is 5. The molecule has 2 saturated heterocycles. The van der Waals surface area contributed by atoms with Gasteiger partial charge in [0.1, 0.15) is 24.0 Å². The molecular formula is C34H36F5N3O3. The summed E-state index contributed by atoms with van der Waals surface area (Å²) in [5.74, 6) is -2.14. The minimum absolute atomic E-state index is 0.0264. The first-order chi connectivity index (χ1) is 21.5. The third kappa shape index (κ3) is 7.09. The summed E-state index contributed by atoms with van der Waals surface area (Å²) in [7, 11) is 0. The molecule has 1 spiro atoms. The van der Waals surface area contributed by atoms with Crippen molar-refractivity contribution in [1.29, 1.82) is 0 Å². The van der Waals surface area contributed by atoms with Gasteiger partial charge >= 0.3 is 12.1 Å². The smallest absolute Gasteiger partial charge is 0.401 e. The number of alkyl halides is 3. The summed E-state index contributed by atoms with van der Waals surface area (Å²) in [5.41, 5.74) is 1.83. The van der Waals surface area contributed by atoms with E-state index in [0.29, 0.717) is 55.3 Å². The molecule has 45 heavy (non-hydrogen) atoms. The van der Waals surface area contributed by atoms with Gasteiger partial charge in [-0.25, -0.2) is 8.78 Å². The fourth-order valence-corrected chi connectivity index (χ4v) is 7.36. The minimum Gasteiger partial charge on any atom is -0.489 e.